The maximum absolute atomic E-state index is 4.85. The first kappa shape index (κ1) is 18.1. The fourth-order valence-corrected chi connectivity index (χ4v) is 7.07. The Kier molecular flexibility index (Phi) is 3.24. The first-order valence-electron chi connectivity index (χ1n) is 12.4. The second-order valence-corrected chi connectivity index (χ2v) is 10.2. The van der Waals surface area contributed by atoms with Crippen LogP contribution in [0.4, 0.5) is 17.2 Å². The Balaban J connectivity index is 1.33. The van der Waals surface area contributed by atoms with Gasteiger partial charge in [-0.2, -0.15) is 0 Å². The number of rotatable bonds is 0. The second-order valence-electron chi connectivity index (χ2n) is 10.2. The van der Waals surface area contributed by atoms with Crippen LogP contribution in [0.1, 0.15) is 44.5 Å². The van der Waals surface area contributed by atoms with Gasteiger partial charge in [-0.25, -0.2) is 4.98 Å². The Morgan fingerprint density at radius 2 is 1.49 bits per heavy atom. The Hall–Kier alpha value is -4.24. The summed E-state index contributed by atoms with van der Waals surface area (Å²) in [4.78, 5) is 11.7. The van der Waals surface area contributed by atoms with Crippen LogP contribution in [0.3, 0.4) is 0 Å². The van der Waals surface area contributed by atoms with Gasteiger partial charge in [0.15, 0.2) is 0 Å². The van der Waals surface area contributed by atoms with Gasteiger partial charge in [-0.05, 0) is 97.8 Å². The molecule has 4 aliphatic rings. The summed E-state index contributed by atoms with van der Waals surface area (Å²) in [6.07, 6.45) is 9.78. The van der Waals surface area contributed by atoms with E-state index >= 15 is 0 Å². The van der Waals surface area contributed by atoms with Gasteiger partial charge in [-0.15, -0.1) is 0 Å². The lowest BCUT2D eigenvalue weighted by molar-refractivity contribution is 0.961. The van der Waals surface area contributed by atoms with Crippen LogP contribution >= 0.6 is 0 Å². The van der Waals surface area contributed by atoms with E-state index in [1.807, 2.05) is 18.6 Å². The summed E-state index contributed by atoms with van der Waals surface area (Å²) >= 11 is 0. The van der Waals surface area contributed by atoms with Crippen molar-refractivity contribution in [1.29, 1.82) is 0 Å². The fourth-order valence-electron chi connectivity index (χ4n) is 7.07. The Labute approximate surface area is 203 Å². The van der Waals surface area contributed by atoms with E-state index in [0.29, 0.717) is 0 Å². The van der Waals surface area contributed by atoms with Crippen LogP contribution in [0.15, 0.2) is 79.3 Å². The minimum Gasteiger partial charge on any atom is -0.294 e. The fraction of sp³-hybridized carbons (Fsp3) is 0.125. The van der Waals surface area contributed by atoms with Crippen LogP contribution < -0.4 is 4.90 Å². The van der Waals surface area contributed by atoms with Crippen LogP contribution in [-0.4, -0.2) is 9.97 Å². The van der Waals surface area contributed by atoms with E-state index in [1.165, 1.54) is 78.1 Å². The van der Waals surface area contributed by atoms with Crippen molar-refractivity contribution in [2.24, 2.45) is 0 Å². The third-order valence-corrected chi connectivity index (χ3v) is 8.48. The normalized spacial score (nSPS) is 14.9. The van der Waals surface area contributed by atoms with Gasteiger partial charge in [0.1, 0.15) is 5.82 Å². The van der Waals surface area contributed by atoms with E-state index < -0.39 is 0 Å². The van der Waals surface area contributed by atoms with Crippen LogP contribution in [0.25, 0.3) is 22.3 Å². The molecule has 0 saturated heterocycles. The average molecular weight is 448 g/mol. The molecule has 2 aliphatic carbocycles. The average Bonchev–Trinajstić information content (AvgIpc) is 3.47. The van der Waals surface area contributed by atoms with Gasteiger partial charge >= 0.3 is 0 Å². The predicted molar refractivity (Wildman–Crippen MR) is 139 cm³/mol. The number of anilines is 3. The lowest BCUT2D eigenvalue weighted by Crippen LogP contribution is -2.26. The standard InChI is InChI=1S/C32H21N3/c1-2-6-23-18(4-1)13-26-24(23)8-7-19-14-25-27(30(19)26)16-21-12-22-17-33-11-9-29(22)35-31(21)28(25)15-20-5-3-10-34-32(20)35/h1-11,16-17H,12-15H2. The minimum atomic E-state index is 0.919. The number of benzene rings is 3. The molecule has 0 spiro atoms. The minimum absolute atomic E-state index is 0.919. The molecular formula is C32H21N3. The van der Waals surface area contributed by atoms with E-state index in [4.69, 9.17) is 4.98 Å². The van der Waals surface area contributed by atoms with E-state index in [2.05, 4.69) is 70.5 Å². The molecule has 3 aromatic carbocycles. The van der Waals surface area contributed by atoms with Gasteiger partial charge in [0.25, 0.3) is 0 Å². The van der Waals surface area contributed by atoms with E-state index in [-0.39, 0.29) is 0 Å². The first-order valence-corrected chi connectivity index (χ1v) is 12.4. The molecule has 9 rings (SSSR count). The lowest BCUT2D eigenvalue weighted by atomic mass is 9.83. The molecule has 3 heteroatoms. The smallest absolute Gasteiger partial charge is 0.141 e. The highest BCUT2D eigenvalue weighted by Gasteiger charge is 2.38. The van der Waals surface area contributed by atoms with Crippen molar-refractivity contribution in [2.75, 3.05) is 4.90 Å². The van der Waals surface area contributed by atoms with Gasteiger partial charge in [0, 0.05) is 31.4 Å². The van der Waals surface area contributed by atoms with Crippen molar-refractivity contribution >= 4 is 17.2 Å². The summed E-state index contributed by atoms with van der Waals surface area (Å²) in [6.45, 7) is 0. The summed E-state index contributed by atoms with van der Waals surface area (Å²) in [5, 5.41) is 0. The maximum Gasteiger partial charge on any atom is 0.141 e. The molecule has 5 aromatic rings. The second kappa shape index (κ2) is 6.25. The highest BCUT2D eigenvalue weighted by atomic mass is 15.2. The number of nitrogens with zero attached hydrogens (tertiary/aromatic N) is 3. The highest BCUT2D eigenvalue weighted by Crippen LogP contribution is 2.55. The molecule has 0 bridgehead atoms. The Bertz CT molecular complexity index is 1750. The lowest BCUT2D eigenvalue weighted by Gasteiger charge is -2.39. The van der Waals surface area contributed by atoms with E-state index in [9.17, 15) is 0 Å². The molecular weight excluding hydrogens is 426 g/mol. The first-order chi connectivity index (χ1) is 17.3. The Morgan fingerprint density at radius 3 is 2.49 bits per heavy atom. The molecule has 164 valence electrons. The van der Waals surface area contributed by atoms with Crippen LogP contribution in [0.5, 0.6) is 0 Å². The van der Waals surface area contributed by atoms with Crippen molar-refractivity contribution in [1.82, 2.24) is 9.97 Å². The molecule has 2 aromatic heterocycles. The summed E-state index contributed by atoms with van der Waals surface area (Å²) in [5.41, 5.74) is 19.8. The molecule has 0 fully saturated rings. The number of aromatic nitrogens is 2. The van der Waals surface area contributed by atoms with Crippen LogP contribution in [-0.2, 0) is 25.7 Å². The molecule has 0 atom stereocenters. The Morgan fingerprint density at radius 1 is 0.600 bits per heavy atom. The molecule has 4 heterocycles. The molecule has 0 saturated carbocycles. The van der Waals surface area contributed by atoms with Gasteiger partial charge in [0.2, 0.25) is 0 Å². The van der Waals surface area contributed by atoms with Crippen molar-refractivity contribution in [2.45, 2.75) is 25.7 Å². The monoisotopic (exact) mass is 447 g/mol. The van der Waals surface area contributed by atoms with Crippen LogP contribution in [0.2, 0.25) is 0 Å². The zero-order chi connectivity index (χ0) is 22.7. The third-order valence-electron chi connectivity index (χ3n) is 8.48. The number of fused-ring (bicyclic) bond motifs is 12. The summed E-state index contributed by atoms with van der Waals surface area (Å²) in [6, 6.07) is 22.6. The topological polar surface area (TPSA) is 29.0 Å². The predicted octanol–water partition coefficient (Wildman–Crippen LogP) is 6.90. The van der Waals surface area contributed by atoms with Crippen LogP contribution in [0, 0.1) is 0 Å². The number of hydrogen-bond acceptors (Lipinski definition) is 3. The largest absolute Gasteiger partial charge is 0.294 e. The third kappa shape index (κ3) is 2.21. The van der Waals surface area contributed by atoms with Gasteiger partial charge in [-0.1, -0.05) is 42.5 Å². The number of hydrogen-bond donors (Lipinski definition) is 0. The zero-order valence-electron chi connectivity index (χ0n) is 19.2. The molecule has 35 heavy (non-hydrogen) atoms. The summed E-state index contributed by atoms with van der Waals surface area (Å²) < 4.78 is 0. The van der Waals surface area contributed by atoms with Crippen molar-refractivity contribution < 1.29 is 0 Å². The molecule has 3 nitrogen and oxygen atoms in total. The SMILES string of the molecule is c1ccc2c(c1)Cc1c-2ccc2c1-c1cc3c4c(c1C2)Cc1cccnc1N4c1ccncc1C3. The molecule has 0 N–H and O–H groups in total. The van der Waals surface area contributed by atoms with E-state index in [0.717, 1.165) is 31.5 Å². The molecule has 0 radical (unpaired) electrons. The molecule has 0 unspecified atom stereocenters. The molecule has 0 amide bonds. The zero-order valence-corrected chi connectivity index (χ0v) is 19.2. The highest BCUT2D eigenvalue weighted by molar-refractivity contribution is 5.95. The quantitative estimate of drug-likeness (QED) is 0.253. The van der Waals surface area contributed by atoms with E-state index in [1.54, 1.807) is 0 Å². The number of pyridine rings is 2. The summed E-state index contributed by atoms with van der Waals surface area (Å²) in [5.74, 6) is 1.07. The van der Waals surface area contributed by atoms with Crippen molar-refractivity contribution in [3.8, 4) is 22.3 Å². The molecule has 2 aliphatic heterocycles. The van der Waals surface area contributed by atoms with Gasteiger partial charge in [0.05, 0.1) is 11.4 Å². The van der Waals surface area contributed by atoms with Gasteiger partial charge in [-0.3, -0.25) is 9.88 Å². The van der Waals surface area contributed by atoms with Crippen molar-refractivity contribution in [3.63, 3.8) is 0 Å². The van der Waals surface area contributed by atoms with Crippen molar-refractivity contribution in [3.05, 3.63) is 124 Å². The summed E-state index contributed by atoms with van der Waals surface area (Å²) in [7, 11) is 0. The maximum atomic E-state index is 4.85. The van der Waals surface area contributed by atoms with Gasteiger partial charge < -0.3 is 0 Å².